The van der Waals surface area contributed by atoms with Crippen molar-refractivity contribution < 1.29 is 14.7 Å². The molecule has 0 aromatic rings. The second-order valence-corrected chi connectivity index (χ2v) is 3.81. The van der Waals surface area contributed by atoms with Crippen molar-refractivity contribution in [3.63, 3.8) is 0 Å². The van der Waals surface area contributed by atoms with Crippen molar-refractivity contribution in [1.29, 1.82) is 0 Å². The van der Waals surface area contributed by atoms with Crippen molar-refractivity contribution in [2.75, 3.05) is 13.2 Å². The fourth-order valence-corrected chi connectivity index (χ4v) is 1.47. The number of carbonyl (C=O) groups is 1. The number of esters is 1. The number of nitrogens with two attached hydrogens (primary N) is 1. The highest BCUT2D eigenvalue weighted by Gasteiger charge is 2.20. The van der Waals surface area contributed by atoms with E-state index in [1.807, 2.05) is 0 Å². The Hall–Kier alpha value is -1.14. The van der Waals surface area contributed by atoms with E-state index in [2.05, 4.69) is 10.5 Å². The minimum Gasteiger partial charge on any atom is -0.465 e. The molecule has 0 aliphatic carbocycles. The molecule has 0 saturated heterocycles. The fraction of sp³-hybridized carbons (Fsp3) is 0.818. The molecule has 0 aliphatic heterocycles. The van der Waals surface area contributed by atoms with Crippen molar-refractivity contribution in [2.45, 2.75) is 45.2 Å². The van der Waals surface area contributed by atoms with Crippen molar-refractivity contribution in [3.05, 3.63) is 0 Å². The van der Waals surface area contributed by atoms with Gasteiger partial charge in [-0.2, -0.15) is 0 Å². The number of rotatable bonds is 9. The molecule has 0 heterocycles. The van der Waals surface area contributed by atoms with E-state index in [4.69, 9.17) is 15.7 Å². The molecule has 0 aromatic heterocycles. The summed E-state index contributed by atoms with van der Waals surface area (Å²) in [6, 6.07) is -0.568. The Labute approximate surface area is 102 Å². The lowest BCUT2D eigenvalue weighted by molar-refractivity contribution is -0.146. The zero-order valence-electron chi connectivity index (χ0n) is 10.6. The molecule has 0 bridgehead atoms. The zero-order valence-corrected chi connectivity index (χ0v) is 10.6. The van der Waals surface area contributed by atoms with Gasteiger partial charge in [-0.05, 0) is 33.2 Å². The summed E-state index contributed by atoms with van der Waals surface area (Å²) in [4.78, 5) is 11.7. The molecule has 0 spiro atoms. The van der Waals surface area contributed by atoms with Crippen LogP contribution in [0.5, 0.6) is 0 Å². The highest BCUT2D eigenvalue weighted by Crippen LogP contribution is 2.03. The highest BCUT2D eigenvalue weighted by molar-refractivity contribution is 5.76. The SMILES string of the molecule is CCOC(=O)C(CCCCN)NC(C)/C=N\O. The molecule has 17 heavy (non-hydrogen) atoms. The maximum atomic E-state index is 11.7. The largest absolute Gasteiger partial charge is 0.465 e. The number of nitrogens with one attached hydrogen (secondary N) is 1. The van der Waals surface area contributed by atoms with Gasteiger partial charge in [0.25, 0.3) is 0 Å². The Kier molecular flexibility index (Phi) is 9.37. The molecule has 6 heteroatoms. The van der Waals surface area contributed by atoms with E-state index >= 15 is 0 Å². The van der Waals surface area contributed by atoms with E-state index in [1.165, 1.54) is 6.21 Å². The van der Waals surface area contributed by atoms with Crippen LogP contribution in [0.15, 0.2) is 5.16 Å². The smallest absolute Gasteiger partial charge is 0.323 e. The molecular weight excluding hydrogens is 222 g/mol. The van der Waals surface area contributed by atoms with Crippen LogP contribution in [0.25, 0.3) is 0 Å². The second-order valence-electron chi connectivity index (χ2n) is 3.81. The molecule has 0 amide bonds. The van der Waals surface area contributed by atoms with Crippen LogP contribution >= 0.6 is 0 Å². The molecule has 0 radical (unpaired) electrons. The first kappa shape index (κ1) is 15.9. The van der Waals surface area contributed by atoms with Gasteiger partial charge in [-0.25, -0.2) is 0 Å². The number of unbranched alkanes of at least 4 members (excludes halogenated alkanes) is 1. The summed E-state index contributed by atoms with van der Waals surface area (Å²) in [5.74, 6) is -0.275. The van der Waals surface area contributed by atoms with Gasteiger partial charge in [-0.3, -0.25) is 10.1 Å². The van der Waals surface area contributed by atoms with E-state index in [9.17, 15) is 4.79 Å². The minimum atomic E-state index is -0.380. The molecule has 2 atom stereocenters. The first-order valence-electron chi connectivity index (χ1n) is 5.96. The molecule has 0 aliphatic rings. The summed E-state index contributed by atoms with van der Waals surface area (Å²) in [5.41, 5.74) is 5.41. The van der Waals surface area contributed by atoms with E-state index in [0.717, 1.165) is 12.8 Å². The summed E-state index contributed by atoms with van der Waals surface area (Å²) in [5, 5.41) is 14.4. The standard InChI is InChI=1S/C11H23N3O3/c1-3-17-11(15)10(6-4-5-7-12)14-9(2)8-13-16/h8-10,14,16H,3-7,12H2,1-2H3/b13-8-. The van der Waals surface area contributed by atoms with E-state index < -0.39 is 0 Å². The third-order valence-electron chi connectivity index (χ3n) is 2.27. The maximum absolute atomic E-state index is 11.7. The summed E-state index contributed by atoms with van der Waals surface area (Å²) in [6.07, 6.45) is 3.73. The topological polar surface area (TPSA) is 96.9 Å². The maximum Gasteiger partial charge on any atom is 0.323 e. The van der Waals surface area contributed by atoms with E-state index in [-0.39, 0.29) is 18.1 Å². The fourth-order valence-electron chi connectivity index (χ4n) is 1.47. The Morgan fingerprint density at radius 3 is 2.82 bits per heavy atom. The first-order chi connectivity index (χ1) is 8.15. The summed E-state index contributed by atoms with van der Waals surface area (Å²) in [6.45, 7) is 4.54. The van der Waals surface area contributed by atoms with Gasteiger partial charge < -0.3 is 15.7 Å². The molecule has 2 unspecified atom stereocenters. The average Bonchev–Trinajstić information content (AvgIpc) is 2.28. The van der Waals surface area contributed by atoms with Crippen LogP contribution in [-0.4, -0.2) is 42.6 Å². The number of hydrogen-bond donors (Lipinski definition) is 3. The number of carbonyl (C=O) groups excluding carboxylic acids is 1. The molecule has 0 saturated carbocycles. The normalized spacial score (nSPS) is 14.8. The van der Waals surface area contributed by atoms with Crippen LogP contribution in [0.3, 0.4) is 0 Å². The molecule has 4 N–H and O–H groups in total. The summed E-state index contributed by atoms with van der Waals surface area (Å²) < 4.78 is 4.97. The van der Waals surface area contributed by atoms with Crippen LogP contribution in [0.2, 0.25) is 0 Å². The van der Waals surface area contributed by atoms with Crippen molar-refractivity contribution in [3.8, 4) is 0 Å². The Morgan fingerprint density at radius 2 is 2.29 bits per heavy atom. The Bertz CT molecular complexity index is 234. The Morgan fingerprint density at radius 1 is 1.59 bits per heavy atom. The van der Waals surface area contributed by atoms with Crippen molar-refractivity contribution in [2.24, 2.45) is 10.9 Å². The summed E-state index contributed by atoms with van der Waals surface area (Å²) in [7, 11) is 0. The van der Waals surface area contributed by atoms with Gasteiger partial charge in [0.05, 0.1) is 12.8 Å². The van der Waals surface area contributed by atoms with E-state index in [0.29, 0.717) is 19.6 Å². The molecular formula is C11H23N3O3. The lowest BCUT2D eigenvalue weighted by Crippen LogP contribution is -2.43. The predicted molar refractivity (Wildman–Crippen MR) is 66.2 cm³/mol. The molecule has 100 valence electrons. The van der Waals surface area contributed by atoms with Gasteiger partial charge in [0.1, 0.15) is 6.04 Å². The zero-order chi connectivity index (χ0) is 13.1. The molecule has 0 aromatic carbocycles. The average molecular weight is 245 g/mol. The van der Waals surface area contributed by atoms with Gasteiger partial charge in [-0.15, -0.1) is 5.16 Å². The van der Waals surface area contributed by atoms with Gasteiger partial charge >= 0.3 is 5.97 Å². The van der Waals surface area contributed by atoms with Crippen LogP contribution < -0.4 is 11.1 Å². The lowest BCUT2D eigenvalue weighted by atomic mass is 10.1. The second kappa shape index (κ2) is 10.0. The van der Waals surface area contributed by atoms with Gasteiger partial charge in [0.2, 0.25) is 0 Å². The quantitative estimate of drug-likeness (QED) is 0.180. The number of ether oxygens (including phenoxy) is 1. The van der Waals surface area contributed by atoms with Crippen LogP contribution in [0.1, 0.15) is 33.1 Å². The van der Waals surface area contributed by atoms with Crippen LogP contribution in [0, 0.1) is 0 Å². The lowest BCUT2D eigenvalue weighted by Gasteiger charge is -2.19. The highest BCUT2D eigenvalue weighted by atomic mass is 16.5. The van der Waals surface area contributed by atoms with Gasteiger partial charge in [0, 0.05) is 6.04 Å². The number of oxime groups is 1. The van der Waals surface area contributed by atoms with E-state index in [1.54, 1.807) is 13.8 Å². The Balaban J connectivity index is 4.23. The molecule has 0 rings (SSSR count). The third kappa shape index (κ3) is 7.70. The third-order valence-corrected chi connectivity index (χ3v) is 2.27. The van der Waals surface area contributed by atoms with Crippen LogP contribution in [0.4, 0.5) is 0 Å². The predicted octanol–water partition coefficient (Wildman–Crippen LogP) is 0.485. The molecule has 6 nitrogen and oxygen atoms in total. The summed E-state index contributed by atoms with van der Waals surface area (Å²) >= 11 is 0. The number of hydrogen-bond acceptors (Lipinski definition) is 6. The molecule has 0 fully saturated rings. The minimum absolute atomic E-state index is 0.188. The van der Waals surface area contributed by atoms with Gasteiger partial charge in [-0.1, -0.05) is 6.42 Å². The van der Waals surface area contributed by atoms with Crippen molar-refractivity contribution in [1.82, 2.24) is 5.32 Å². The van der Waals surface area contributed by atoms with Crippen molar-refractivity contribution >= 4 is 12.2 Å². The van der Waals surface area contributed by atoms with Crippen LogP contribution in [-0.2, 0) is 9.53 Å². The number of nitrogens with zero attached hydrogens (tertiary/aromatic N) is 1. The first-order valence-corrected chi connectivity index (χ1v) is 5.96. The van der Waals surface area contributed by atoms with Gasteiger partial charge in [0.15, 0.2) is 0 Å². The monoisotopic (exact) mass is 245 g/mol.